The Morgan fingerprint density at radius 2 is 2.00 bits per heavy atom. The minimum Gasteiger partial charge on any atom is -0.465 e. The van der Waals surface area contributed by atoms with Gasteiger partial charge in [-0.3, -0.25) is 14.1 Å². The number of esters is 1. The number of aromatic amines is 1. The van der Waals surface area contributed by atoms with Gasteiger partial charge in [0.2, 0.25) is 17.5 Å². The number of carbonyl (C=O) groups excluding carboxylic acids is 3. The molecule has 10 nitrogen and oxygen atoms in total. The van der Waals surface area contributed by atoms with E-state index in [9.17, 15) is 19.2 Å². The van der Waals surface area contributed by atoms with Gasteiger partial charge in [-0.1, -0.05) is 17.7 Å². The largest absolute Gasteiger partial charge is 0.465 e. The zero-order valence-electron chi connectivity index (χ0n) is 19.7. The molecule has 0 bridgehead atoms. The number of anilines is 1. The minimum atomic E-state index is -0.691. The molecular weight excluding hydrogens is 492 g/mol. The zero-order chi connectivity index (χ0) is 25.3. The number of aromatic nitrogens is 2. The number of thiophene rings is 1. The number of methoxy groups -OCH3 is 1. The van der Waals surface area contributed by atoms with Gasteiger partial charge in [-0.05, 0) is 47.5 Å². The van der Waals surface area contributed by atoms with Gasteiger partial charge >= 0.3 is 16.6 Å². The van der Waals surface area contributed by atoms with Crippen LogP contribution in [0.3, 0.4) is 0 Å². The fraction of sp³-hybridized carbons (Fsp3) is 0.348. The SMILES string of the molecule is COC(=O)c1c(NC(=O)C(C)Sc2c(=O)o[nH][n+]2-c2ccc(C)cc2)sc2c1CCN(C(C)=O)C2. The Labute approximate surface area is 209 Å². The quantitative estimate of drug-likeness (QED) is 0.292. The molecule has 0 aliphatic carbocycles. The van der Waals surface area contributed by atoms with Crippen LogP contribution in [0.5, 0.6) is 0 Å². The van der Waals surface area contributed by atoms with Crippen molar-refractivity contribution in [1.29, 1.82) is 0 Å². The summed E-state index contributed by atoms with van der Waals surface area (Å²) in [7, 11) is 1.29. The maximum atomic E-state index is 13.1. The average molecular weight is 518 g/mol. The molecule has 12 heteroatoms. The van der Waals surface area contributed by atoms with Gasteiger partial charge in [0, 0.05) is 30.5 Å². The summed E-state index contributed by atoms with van der Waals surface area (Å²) in [4.78, 5) is 52.3. The predicted octanol–water partition coefficient (Wildman–Crippen LogP) is 2.43. The highest BCUT2D eigenvalue weighted by Crippen LogP contribution is 2.38. The third-order valence-corrected chi connectivity index (χ3v) is 7.96. The Bertz CT molecular complexity index is 1340. The normalized spacial score (nSPS) is 13.8. The molecule has 0 saturated heterocycles. The molecule has 1 atom stereocenters. The first kappa shape index (κ1) is 24.7. The fourth-order valence-electron chi connectivity index (χ4n) is 3.74. The van der Waals surface area contributed by atoms with Crippen LogP contribution in [0.4, 0.5) is 5.00 Å². The molecule has 0 spiro atoms. The second-order valence-corrected chi connectivity index (χ2v) is 10.5. The van der Waals surface area contributed by atoms with Crippen LogP contribution in [0.25, 0.3) is 5.69 Å². The highest BCUT2D eigenvalue weighted by atomic mass is 32.2. The number of hydrogen-bond acceptors (Lipinski definition) is 8. The number of ether oxygens (including phenoxy) is 1. The van der Waals surface area contributed by atoms with Crippen molar-refractivity contribution in [3.8, 4) is 5.69 Å². The molecule has 3 aromatic rings. The van der Waals surface area contributed by atoms with Gasteiger partial charge < -0.3 is 15.0 Å². The number of nitrogens with one attached hydrogen (secondary N) is 2. The monoisotopic (exact) mass is 517 g/mol. The second kappa shape index (κ2) is 10.1. The lowest BCUT2D eigenvalue weighted by atomic mass is 10.0. The van der Waals surface area contributed by atoms with Gasteiger partial charge in [-0.15, -0.1) is 11.3 Å². The molecule has 0 radical (unpaired) electrons. The standard InChI is InChI=1S/C23H24N4O6S2/c1-12-5-7-15(8-6-12)27-21(23(31)33-25-27)34-13(2)19(29)24-20-18(22(30)32-4)16-9-10-26(14(3)28)11-17(16)35-20/h5-8,13H,9-11H2,1-4H3,(H-,24,25,29,30,31)/p+1. The third kappa shape index (κ3) is 5.03. The van der Waals surface area contributed by atoms with E-state index in [4.69, 9.17) is 9.26 Å². The van der Waals surface area contributed by atoms with Gasteiger partial charge in [0.15, 0.2) is 0 Å². The molecule has 1 unspecified atom stereocenters. The maximum Gasteiger partial charge on any atom is 0.442 e. The second-order valence-electron chi connectivity index (χ2n) is 8.10. The van der Waals surface area contributed by atoms with E-state index in [0.717, 1.165) is 27.8 Å². The summed E-state index contributed by atoms with van der Waals surface area (Å²) in [6, 6.07) is 7.47. The third-order valence-electron chi connectivity index (χ3n) is 5.69. The Kier molecular flexibility index (Phi) is 7.13. The summed E-state index contributed by atoms with van der Waals surface area (Å²) >= 11 is 2.30. The van der Waals surface area contributed by atoms with Crippen molar-refractivity contribution < 1.29 is 28.3 Å². The number of amides is 2. The number of thioether (sulfide) groups is 1. The average Bonchev–Trinajstić information content (AvgIpc) is 3.38. The number of H-pyrrole nitrogens is 1. The molecule has 184 valence electrons. The summed E-state index contributed by atoms with van der Waals surface area (Å²) < 4.78 is 11.4. The lowest BCUT2D eigenvalue weighted by Crippen LogP contribution is -2.37. The number of benzene rings is 1. The van der Waals surface area contributed by atoms with E-state index in [-0.39, 0.29) is 10.9 Å². The van der Waals surface area contributed by atoms with Crippen LogP contribution in [-0.4, -0.2) is 46.9 Å². The maximum absolute atomic E-state index is 13.1. The van der Waals surface area contributed by atoms with Crippen molar-refractivity contribution in [2.45, 2.75) is 44.0 Å². The van der Waals surface area contributed by atoms with Crippen molar-refractivity contribution in [2.75, 3.05) is 19.0 Å². The fourth-order valence-corrected chi connectivity index (χ4v) is 5.88. The highest BCUT2D eigenvalue weighted by molar-refractivity contribution is 8.00. The van der Waals surface area contributed by atoms with Crippen LogP contribution in [0.2, 0.25) is 0 Å². The smallest absolute Gasteiger partial charge is 0.442 e. The summed E-state index contributed by atoms with van der Waals surface area (Å²) in [5, 5.41) is 5.29. The van der Waals surface area contributed by atoms with E-state index in [1.54, 1.807) is 11.8 Å². The zero-order valence-corrected chi connectivity index (χ0v) is 21.3. The van der Waals surface area contributed by atoms with E-state index in [0.29, 0.717) is 35.8 Å². The molecule has 0 saturated carbocycles. The first-order valence-electron chi connectivity index (χ1n) is 10.9. The summed E-state index contributed by atoms with van der Waals surface area (Å²) in [5.74, 6) is -0.984. The molecular formula is C23H25N4O6S2+. The van der Waals surface area contributed by atoms with E-state index in [2.05, 4.69) is 10.6 Å². The molecule has 3 heterocycles. The van der Waals surface area contributed by atoms with Gasteiger partial charge in [0.25, 0.3) is 0 Å². The first-order chi connectivity index (χ1) is 16.7. The van der Waals surface area contributed by atoms with E-state index in [1.807, 2.05) is 31.2 Å². The van der Waals surface area contributed by atoms with Crippen LogP contribution in [-0.2, 0) is 27.3 Å². The van der Waals surface area contributed by atoms with Crippen LogP contribution in [0.1, 0.15) is 40.2 Å². The highest BCUT2D eigenvalue weighted by Gasteiger charge is 2.33. The van der Waals surface area contributed by atoms with Crippen molar-refractivity contribution >= 4 is 45.9 Å². The molecule has 1 aliphatic heterocycles. The van der Waals surface area contributed by atoms with Crippen molar-refractivity contribution in [1.82, 2.24) is 10.2 Å². The number of hydrogen-bond donors (Lipinski definition) is 2. The van der Waals surface area contributed by atoms with Crippen molar-refractivity contribution in [3.05, 3.63) is 56.3 Å². The molecule has 1 aliphatic rings. The van der Waals surface area contributed by atoms with Gasteiger partial charge in [0.1, 0.15) is 5.00 Å². The molecule has 2 N–H and O–H groups in total. The topological polar surface area (TPSA) is 126 Å². The Morgan fingerprint density at radius 1 is 1.29 bits per heavy atom. The number of rotatable bonds is 6. The number of aryl methyl sites for hydroxylation is 1. The number of fused-ring (bicyclic) bond motifs is 1. The van der Waals surface area contributed by atoms with Gasteiger partial charge in [0.05, 0.1) is 24.5 Å². The predicted molar refractivity (Wildman–Crippen MR) is 130 cm³/mol. The number of nitrogens with zero attached hydrogens (tertiary/aromatic N) is 2. The molecule has 0 fully saturated rings. The minimum absolute atomic E-state index is 0.0495. The molecule has 35 heavy (non-hydrogen) atoms. The van der Waals surface area contributed by atoms with Crippen molar-refractivity contribution in [3.63, 3.8) is 0 Å². The van der Waals surface area contributed by atoms with Crippen molar-refractivity contribution in [2.24, 2.45) is 0 Å². The molecule has 2 amide bonds. The van der Waals surface area contributed by atoms with Crippen LogP contribution in [0, 0.1) is 6.92 Å². The van der Waals surface area contributed by atoms with Crippen LogP contribution in [0.15, 0.2) is 38.6 Å². The summed E-state index contributed by atoms with van der Waals surface area (Å²) in [5.41, 5.74) is 2.26. The molecule has 2 aromatic heterocycles. The first-order valence-corrected chi connectivity index (χ1v) is 12.6. The van der Waals surface area contributed by atoms with E-state index < -0.39 is 22.8 Å². The molecule has 4 rings (SSSR count). The van der Waals surface area contributed by atoms with Crippen LogP contribution < -0.4 is 15.6 Å². The molecule has 1 aromatic carbocycles. The van der Waals surface area contributed by atoms with Gasteiger partial charge in [-0.2, -0.15) is 0 Å². The summed E-state index contributed by atoms with van der Waals surface area (Å²) in [6.45, 7) is 5.99. The van der Waals surface area contributed by atoms with Crippen LogP contribution >= 0.6 is 23.1 Å². The lowest BCUT2D eigenvalue weighted by molar-refractivity contribution is -0.704. The summed E-state index contributed by atoms with van der Waals surface area (Å²) in [6.07, 6.45) is 0.497. The lowest BCUT2D eigenvalue weighted by Gasteiger charge is -2.25. The number of carbonyl (C=O) groups is 3. The Balaban J connectivity index is 1.57. The van der Waals surface area contributed by atoms with Gasteiger partial charge in [-0.25, -0.2) is 9.59 Å². The van der Waals surface area contributed by atoms with E-state index in [1.165, 1.54) is 30.1 Å². The Hall–Kier alpha value is -3.38. The Morgan fingerprint density at radius 3 is 2.66 bits per heavy atom. The van der Waals surface area contributed by atoms with E-state index >= 15 is 0 Å².